The summed E-state index contributed by atoms with van der Waals surface area (Å²) in [5.41, 5.74) is 0.335. The minimum absolute atomic E-state index is 0.0277. The van der Waals surface area contributed by atoms with Crippen LogP contribution in [0.5, 0.6) is 0 Å². The third kappa shape index (κ3) is 6.05. The van der Waals surface area contributed by atoms with E-state index in [1.54, 1.807) is 0 Å². The maximum absolute atomic E-state index is 10.6. The molecule has 0 amide bonds. The van der Waals surface area contributed by atoms with E-state index in [4.69, 9.17) is 20.3 Å². The lowest BCUT2D eigenvalue weighted by molar-refractivity contribution is 0.0696. The van der Waals surface area contributed by atoms with Crippen LogP contribution in [0.2, 0.25) is 0 Å². The highest BCUT2D eigenvalue weighted by Gasteiger charge is 2.13. The lowest BCUT2D eigenvalue weighted by atomic mass is 10.0. The van der Waals surface area contributed by atoms with Gasteiger partial charge in [0.25, 0.3) is 0 Å². The second kappa shape index (κ2) is 10.7. The van der Waals surface area contributed by atoms with E-state index in [0.29, 0.717) is 0 Å². The van der Waals surface area contributed by atoms with Gasteiger partial charge in [-0.15, -0.1) is 0 Å². The van der Waals surface area contributed by atoms with E-state index in [2.05, 4.69) is 48.5 Å². The third-order valence-electron chi connectivity index (χ3n) is 3.45. The first-order chi connectivity index (χ1) is 12.4. The molecule has 6 nitrogen and oxygen atoms in total. The molecular weight excluding hydrogens is 335 g/mol. The van der Waals surface area contributed by atoms with Gasteiger partial charge in [-0.3, -0.25) is 0 Å². The Bertz CT molecular complexity index is 781. The number of hydrogen-bond donors (Lipinski definition) is 4. The van der Waals surface area contributed by atoms with Crippen LogP contribution >= 0.6 is 0 Å². The van der Waals surface area contributed by atoms with Crippen LogP contribution in [-0.2, 0) is 0 Å². The monoisotopic (exact) mass is 354 g/mol. The summed E-state index contributed by atoms with van der Waals surface area (Å²) in [6.45, 7) is 1.48. The average Bonchev–Trinajstić information content (AvgIpc) is 2.63. The Hall–Kier alpha value is -3.16. The van der Waals surface area contributed by atoms with Crippen LogP contribution in [0.1, 0.15) is 26.3 Å². The average molecular weight is 354 g/mol. The van der Waals surface area contributed by atoms with E-state index in [1.165, 1.54) is 35.9 Å². The number of carboxylic acids is 2. The van der Waals surface area contributed by atoms with Crippen molar-refractivity contribution in [2.24, 2.45) is 0 Å². The minimum Gasteiger partial charge on any atom is -0.478 e. The molecular formula is C19H19BO6. The second-order valence-electron chi connectivity index (χ2n) is 5.08. The highest BCUT2D eigenvalue weighted by atomic mass is 16.4. The van der Waals surface area contributed by atoms with E-state index < -0.39 is 19.6 Å². The van der Waals surface area contributed by atoms with Gasteiger partial charge in [0.2, 0.25) is 0 Å². The van der Waals surface area contributed by atoms with Crippen molar-refractivity contribution in [2.75, 3.05) is 0 Å². The maximum atomic E-state index is 10.6. The van der Waals surface area contributed by atoms with Gasteiger partial charge in [-0.2, -0.15) is 0 Å². The molecule has 134 valence electrons. The number of hydrogen-bond acceptors (Lipinski definition) is 4. The Labute approximate surface area is 151 Å². The molecule has 0 radical (unpaired) electrons. The van der Waals surface area contributed by atoms with E-state index in [1.807, 2.05) is 0 Å². The van der Waals surface area contributed by atoms with Crippen molar-refractivity contribution >= 4 is 30.4 Å². The fraction of sp³-hybridized carbons (Fsp3) is 0.0526. The van der Waals surface area contributed by atoms with Crippen molar-refractivity contribution in [2.45, 2.75) is 6.92 Å². The van der Waals surface area contributed by atoms with Gasteiger partial charge in [0.15, 0.2) is 0 Å². The first-order valence-corrected chi connectivity index (χ1v) is 7.64. The second-order valence-corrected chi connectivity index (χ2v) is 5.08. The van der Waals surface area contributed by atoms with Crippen LogP contribution in [0.4, 0.5) is 0 Å². The summed E-state index contributed by atoms with van der Waals surface area (Å²) >= 11 is 0. The van der Waals surface area contributed by atoms with Crippen LogP contribution in [0, 0.1) is 6.92 Å². The first kappa shape index (κ1) is 20.9. The Morgan fingerprint density at radius 3 is 1.27 bits per heavy atom. The predicted octanol–water partition coefficient (Wildman–Crippen LogP) is 2.47. The normalized spacial score (nSPS) is 9.19. The van der Waals surface area contributed by atoms with Gasteiger partial charge in [0.1, 0.15) is 0 Å². The van der Waals surface area contributed by atoms with E-state index >= 15 is 0 Å². The van der Waals surface area contributed by atoms with Gasteiger partial charge in [-0.05, 0) is 35.4 Å². The molecule has 0 aliphatic rings. The highest BCUT2D eigenvalue weighted by Crippen LogP contribution is 2.13. The fourth-order valence-electron chi connectivity index (χ4n) is 2.23. The van der Waals surface area contributed by atoms with Crippen LogP contribution in [0.25, 0.3) is 10.8 Å². The molecule has 0 atom stereocenters. The molecule has 0 bridgehead atoms. The summed E-state index contributed by atoms with van der Waals surface area (Å²) in [6.07, 6.45) is 0. The molecule has 3 rings (SSSR count). The molecule has 7 heteroatoms. The van der Waals surface area contributed by atoms with Gasteiger partial charge < -0.3 is 20.3 Å². The van der Waals surface area contributed by atoms with Gasteiger partial charge in [0.05, 0.1) is 11.1 Å². The van der Waals surface area contributed by atoms with Gasteiger partial charge in [-0.1, -0.05) is 54.6 Å². The quantitative estimate of drug-likeness (QED) is 0.526. The molecule has 0 fully saturated rings. The number of carboxylic acid groups (broad SMARTS) is 2. The molecule has 0 saturated carbocycles. The van der Waals surface area contributed by atoms with E-state index in [0.717, 1.165) is 0 Å². The molecule has 0 aliphatic carbocycles. The van der Waals surface area contributed by atoms with Crippen molar-refractivity contribution in [3.63, 3.8) is 0 Å². The van der Waals surface area contributed by atoms with Gasteiger partial charge in [0, 0.05) is 0 Å². The summed E-state index contributed by atoms with van der Waals surface area (Å²) in [7, 11) is -0.750. The maximum Gasteiger partial charge on any atom is 0.432 e. The Balaban J connectivity index is 0.000000231. The fourth-order valence-corrected chi connectivity index (χ4v) is 2.23. The first-order valence-electron chi connectivity index (χ1n) is 7.64. The predicted molar refractivity (Wildman–Crippen MR) is 101 cm³/mol. The van der Waals surface area contributed by atoms with Crippen molar-refractivity contribution in [3.05, 3.63) is 83.4 Å². The topological polar surface area (TPSA) is 115 Å². The number of benzene rings is 3. The van der Waals surface area contributed by atoms with Gasteiger partial charge in [-0.25, -0.2) is 9.59 Å². The van der Waals surface area contributed by atoms with Crippen LogP contribution in [-0.4, -0.2) is 39.9 Å². The Morgan fingerprint density at radius 1 is 0.692 bits per heavy atom. The molecule has 3 aromatic carbocycles. The molecule has 0 heterocycles. The van der Waals surface area contributed by atoms with E-state index in [9.17, 15) is 9.59 Å². The van der Waals surface area contributed by atoms with Crippen LogP contribution in [0.3, 0.4) is 0 Å². The molecule has 0 spiro atoms. The SMILES string of the molecule is Cc1c(C(=O)O)cccc1C(=O)O.OBO.c1ccc2ccccc2c1. The zero-order chi connectivity index (χ0) is 19.5. The number of fused-ring (bicyclic) bond motifs is 1. The summed E-state index contributed by atoms with van der Waals surface area (Å²) < 4.78 is 0. The van der Waals surface area contributed by atoms with Crippen molar-refractivity contribution in [3.8, 4) is 0 Å². The molecule has 0 saturated heterocycles. The van der Waals surface area contributed by atoms with Crippen molar-refractivity contribution in [1.29, 1.82) is 0 Å². The number of rotatable bonds is 2. The van der Waals surface area contributed by atoms with Crippen molar-refractivity contribution in [1.82, 2.24) is 0 Å². The molecule has 3 aromatic rings. The summed E-state index contributed by atoms with van der Waals surface area (Å²) in [6, 6.07) is 20.9. The smallest absolute Gasteiger partial charge is 0.432 e. The number of aromatic carboxylic acids is 2. The van der Waals surface area contributed by atoms with Gasteiger partial charge >= 0.3 is 19.6 Å². The summed E-state index contributed by atoms with van der Waals surface area (Å²) in [4.78, 5) is 21.2. The zero-order valence-corrected chi connectivity index (χ0v) is 14.2. The Morgan fingerprint density at radius 2 is 1.00 bits per heavy atom. The summed E-state index contributed by atoms with van der Waals surface area (Å²) in [5, 5.41) is 34.2. The van der Waals surface area contributed by atoms with Crippen molar-refractivity contribution < 1.29 is 29.9 Å². The minimum atomic E-state index is -1.11. The van der Waals surface area contributed by atoms with Crippen LogP contribution < -0.4 is 0 Å². The molecule has 4 N–H and O–H groups in total. The lowest BCUT2D eigenvalue weighted by Crippen LogP contribution is -2.06. The zero-order valence-electron chi connectivity index (χ0n) is 14.2. The largest absolute Gasteiger partial charge is 0.478 e. The third-order valence-corrected chi connectivity index (χ3v) is 3.45. The highest BCUT2D eigenvalue weighted by molar-refractivity contribution is 6.13. The lowest BCUT2D eigenvalue weighted by Gasteiger charge is -2.03. The standard InChI is InChI=1S/C10H8.C9H8O4.BH3O2/c1-2-6-10-8-4-3-7-9(10)5-1;1-5-6(8(10)11)3-2-4-7(5)9(12)13;2-1-3/h1-8H;2-4H,1H3,(H,10,11)(H,12,13);1-3H. The molecule has 0 aliphatic heterocycles. The molecule has 0 aromatic heterocycles. The summed E-state index contributed by atoms with van der Waals surface area (Å²) in [5.74, 6) is -2.22. The molecule has 0 unspecified atom stereocenters. The molecule has 26 heavy (non-hydrogen) atoms. The number of carbonyl (C=O) groups is 2. The van der Waals surface area contributed by atoms with Crippen LogP contribution in [0.15, 0.2) is 66.7 Å². The Kier molecular flexibility index (Phi) is 8.56. The van der Waals surface area contributed by atoms with E-state index in [-0.39, 0.29) is 16.7 Å².